The maximum Gasteiger partial charge on any atom is 0.213 e. The van der Waals surface area contributed by atoms with Crippen molar-refractivity contribution in [1.82, 2.24) is 4.98 Å². The molecule has 0 fully saturated rings. The number of rotatable bonds is 6. The molecular weight excluding hydrogens is 356 g/mol. The third-order valence-corrected chi connectivity index (χ3v) is 3.55. The van der Waals surface area contributed by atoms with E-state index in [9.17, 15) is 0 Å². The van der Waals surface area contributed by atoms with Crippen molar-refractivity contribution in [1.29, 1.82) is 0 Å². The van der Waals surface area contributed by atoms with Crippen molar-refractivity contribution in [2.75, 3.05) is 19.0 Å². The minimum atomic E-state index is 0.546. The largest absolute Gasteiger partial charge is 0.491 e. The molecule has 4 nitrogen and oxygen atoms in total. The molecule has 1 aromatic heterocycles. The zero-order valence-electron chi connectivity index (χ0n) is 11.8. The fourth-order valence-corrected chi connectivity index (χ4v) is 2.76. The lowest BCUT2D eigenvalue weighted by molar-refractivity contribution is 0.339. The van der Waals surface area contributed by atoms with E-state index in [1.807, 2.05) is 37.3 Å². The summed E-state index contributed by atoms with van der Waals surface area (Å²) in [5.74, 6) is 1.33. The van der Waals surface area contributed by atoms with E-state index >= 15 is 0 Å². The number of aromatic nitrogens is 1. The summed E-state index contributed by atoms with van der Waals surface area (Å²) in [7, 11) is 1.60. The van der Waals surface area contributed by atoms with E-state index in [2.05, 4.69) is 26.2 Å². The molecule has 0 radical (unpaired) electrons. The average molecular weight is 372 g/mol. The van der Waals surface area contributed by atoms with Crippen molar-refractivity contribution in [3.63, 3.8) is 0 Å². The summed E-state index contributed by atoms with van der Waals surface area (Å²) in [4.78, 5) is 4.36. The molecule has 1 heterocycles. The molecule has 0 saturated heterocycles. The van der Waals surface area contributed by atoms with Gasteiger partial charge in [0.05, 0.1) is 36.1 Å². The zero-order chi connectivity index (χ0) is 15.2. The van der Waals surface area contributed by atoms with Crippen LogP contribution in [0.25, 0.3) is 0 Å². The Labute approximate surface area is 137 Å². The average Bonchev–Trinajstić information content (AvgIpc) is 2.48. The molecule has 0 unspecified atom stereocenters. The Bertz CT molecular complexity index is 623. The molecule has 21 heavy (non-hydrogen) atoms. The van der Waals surface area contributed by atoms with Crippen molar-refractivity contribution in [3.8, 4) is 11.6 Å². The van der Waals surface area contributed by atoms with Gasteiger partial charge in [-0.05, 0) is 41.1 Å². The van der Waals surface area contributed by atoms with Crippen LogP contribution in [0.2, 0.25) is 5.02 Å². The number of ether oxygens (including phenoxy) is 2. The topological polar surface area (TPSA) is 43.4 Å². The first-order chi connectivity index (χ1) is 10.1. The van der Waals surface area contributed by atoms with Crippen molar-refractivity contribution in [3.05, 3.63) is 45.5 Å². The molecule has 2 aromatic rings. The Morgan fingerprint density at radius 3 is 2.86 bits per heavy atom. The van der Waals surface area contributed by atoms with Gasteiger partial charge in [-0.2, -0.15) is 0 Å². The van der Waals surface area contributed by atoms with Crippen LogP contribution < -0.4 is 14.8 Å². The van der Waals surface area contributed by atoms with E-state index in [0.717, 1.165) is 21.6 Å². The minimum absolute atomic E-state index is 0.546. The van der Waals surface area contributed by atoms with Crippen LogP contribution in [0.15, 0.2) is 34.8 Å². The van der Waals surface area contributed by atoms with Gasteiger partial charge in [-0.3, -0.25) is 0 Å². The van der Waals surface area contributed by atoms with Crippen LogP contribution in [0.1, 0.15) is 12.6 Å². The van der Waals surface area contributed by atoms with Crippen LogP contribution in [0, 0.1) is 0 Å². The number of halogens is 2. The third kappa shape index (κ3) is 4.25. The van der Waals surface area contributed by atoms with E-state index in [1.54, 1.807) is 7.11 Å². The first-order valence-corrected chi connectivity index (χ1v) is 7.66. The minimum Gasteiger partial charge on any atom is -0.491 e. The summed E-state index contributed by atoms with van der Waals surface area (Å²) in [6.45, 7) is 3.06. The molecule has 6 heteroatoms. The van der Waals surface area contributed by atoms with Gasteiger partial charge in [0.1, 0.15) is 0 Å². The van der Waals surface area contributed by atoms with Crippen molar-refractivity contribution in [2.24, 2.45) is 0 Å². The van der Waals surface area contributed by atoms with E-state index in [0.29, 0.717) is 24.1 Å². The molecule has 0 amide bonds. The molecule has 0 aliphatic carbocycles. The van der Waals surface area contributed by atoms with Crippen LogP contribution in [0.4, 0.5) is 5.69 Å². The number of nitrogens with zero attached hydrogens (tertiary/aromatic N) is 1. The number of anilines is 1. The van der Waals surface area contributed by atoms with Crippen LogP contribution >= 0.6 is 27.5 Å². The SMILES string of the molecule is CCOc1c(Br)cc(Cl)cc1NCc1cccc(OC)n1. The normalized spacial score (nSPS) is 10.3. The number of methoxy groups -OCH3 is 1. The molecule has 0 aliphatic rings. The smallest absolute Gasteiger partial charge is 0.213 e. The van der Waals surface area contributed by atoms with Gasteiger partial charge in [0.25, 0.3) is 0 Å². The quantitative estimate of drug-likeness (QED) is 0.811. The molecule has 0 aliphatic heterocycles. The van der Waals surface area contributed by atoms with E-state index in [4.69, 9.17) is 21.1 Å². The standard InChI is InChI=1S/C15H16BrClN2O2/c1-3-21-15-12(16)7-10(17)8-13(15)18-9-11-5-4-6-14(19-11)20-2/h4-8,18H,3,9H2,1-2H3. The lowest BCUT2D eigenvalue weighted by Gasteiger charge is -2.14. The number of pyridine rings is 1. The number of nitrogens with one attached hydrogen (secondary N) is 1. The Balaban J connectivity index is 2.18. The van der Waals surface area contributed by atoms with Crippen molar-refractivity contribution >= 4 is 33.2 Å². The Morgan fingerprint density at radius 1 is 1.33 bits per heavy atom. The van der Waals surface area contributed by atoms with E-state index < -0.39 is 0 Å². The van der Waals surface area contributed by atoms with Crippen LogP contribution in [-0.4, -0.2) is 18.7 Å². The maximum atomic E-state index is 6.09. The zero-order valence-corrected chi connectivity index (χ0v) is 14.2. The molecule has 0 spiro atoms. The number of hydrogen-bond donors (Lipinski definition) is 1. The van der Waals surface area contributed by atoms with Gasteiger partial charge >= 0.3 is 0 Å². The Morgan fingerprint density at radius 2 is 2.14 bits per heavy atom. The van der Waals surface area contributed by atoms with Gasteiger partial charge in [0.2, 0.25) is 5.88 Å². The fourth-order valence-electron chi connectivity index (χ4n) is 1.84. The molecule has 1 aromatic carbocycles. The summed E-state index contributed by atoms with van der Waals surface area (Å²) >= 11 is 9.55. The monoisotopic (exact) mass is 370 g/mol. The summed E-state index contributed by atoms with van der Waals surface area (Å²) < 4.78 is 11.6. The predicted octanol–water partition coefficient (Wildman–Crippen LogP) is 4.52. The third-order valence-electron chi connectivity index (χ3n) is 2.75. The molecule has 0 atom stereocenters. The second-order valence-corrected chi connectivity index (χ2v) is 5.51. The maximum absolute atomic E-state index is 6.09. The second kappa shape index (κ2) is 7.52. The first-order valence-electron chi connectivity index (χ1n) is 6.49. The van der Waals surface area contributed by atoms with Gasteiger partial charge < -0.3 is 14.8 Å². The molecule has 112 valence electrons. The summed E-state index contributed by atoms with van der Waals surface area (Å²) in [5, 5.41) is 3.92. The summed E-state index contributed by atoms with van der Waals surface area (Å²) in [6.07, 6.45) is 0. The van der Waals surface area contributed by atoms with Crippen LogP contribution in [-0.2, 0) is 6.54 Å². The summed E-state index contributed by atoms with van der Waals surface area (Å²) in [5.41, 5.74) is 1.69. The molecule has 0 saturated carbocycles. The van der Waals surface area contributed by atoms with Crippen LogP contribution in [0.5, 0.6) is 11.6 Å². The Hall–Kier alpha value is -1.46. The fraction of sp³-hybridized carbons (Fsp3) is 0.267. The van der Waals surface area contributed by atoms with E-state index in [-0.39, 0.29) is 0 Å². The molecule has 2 rings (SSSR count). The highest BCUT2D eigenvalue weighted by Crippen LogP contribution is 2.36. The van der Waals surface area contributed by atoms with E-state index in [1.165, 1.54) is 0 Å². The van der Waals surface area contributed by atoms with Gasteiger partial charge in [0, 0.05) is 11.1 Å². The van der Waals surface area contributed by atoms with Gasteiger partial charge in [-0.25, -0.2) is 4.98 Å². The van der Waals surface area contributed by atoms with Crippen LogP contribution in [0.3, 0.4) is 0 Å². The number of hydrogen-bond acceptors (Lipinski definition) is 4. The molecular formula is C15H16BrClN2O2. The van der Waals surface area contributed by atoms with Gasteiger partial charge in [0.15, 0.2) is 5.75 Å². The van der Waals surface area contributed by atoms with Crippen molar-refractivity contribution < 1.29 is 9.47 Å². The lowest BCUT2D eigenvalue weighted by atomic mass is 10.2. The highest BCUT2D eigenvalue weighted by Gasteiger charge is 2.10. The summed E-state index contributed by atoms with van der Waals surface area (Å²) in [6, 6.07) is 9.28. The van der Waals surface area contributed by atoms with Crippen molar-refractivity contribution in [2.45, 2.75) is 13.5 Å². The van der Waals surface area contributed by atoms with Gasteiger partial charge in [-0.1, -0.05) is 17.7 Å². The molecule has 1 N–H and O–H groups in total. The number of benzene rings is 1. The first kappa shape index (κ1) is 15.9. The van der Waals surface area contributed by atoms with Gasteiger partial charge in [-0.15, -0.1) is 0 Å². The molecule has 0 bridgehead atoms. The predicted molar refractivity (Wildman–Crippen MR) is 88.4 cm³/mol. The lowest BCUT2D eigenvalue weighted by Crippen LogP contribution is -2.05. The highest BCUT2D eigenvalue weighted by atomic mass is 79.9. The Kier molecular flexibility index (Phi) is 5.70. The highest BCUT2D eigenvalue weighted by molar-refractivity contribution is 9.10. The second-order valence-electron chi connectivity index (χ2n) is 4.22.